The van der Waals surface area contributed by atoms with Crippen molar-refractivity contribution >= 4 is 5.97 Å². The van der Waals surface area contributed by atoms with Crippen LogP contribution in [0.15, 0.2) is 11.6 Å². The molecule has 0 aromatic rings. The van der Waals surface area contributed by atoms with Crippen LogP contribution in [0.5, 0.6) is 0 Å². The van der Waals surface area contributed by atoms with Gasteiger partial charge in [0.15, 0.2) is 6.10 Å². The normalized spacial score (nSPS) is 11.2. The maximum Gasteiger partial charge on any atom is 0.303 e. The Kier molecular flexibility index (Phi) is 4.78. The van der Waals surface area contributed by atoms with Gasteiger partial charge in [0, 0.05) is 13.3 Å². The molecule has 3 nitrogen and oxygen atoms in total. The first-order chi connectivity index (χ1) is 5.56. The number of carbonyl (C=O) groups is 1. The molecule has 0 amide bonds. The highest BCUT2D eigenvalue weighted by Gasteiger charge is 2.07. The van der Waals surface area contributed by atoms with Crippen LogP contribution in [0.2, 0.25) is 0 Å². The molecular weight excluding hydrogens is 154 g/mol. The van der Waals surface area contributed by atoms with E-state index in [4.69, 9.17) is 10.00 Å². The fraction of sp³-hybridized carbons (Fsp3) is 0.556. The summed E-state index contributed by atoms with van der Waals surface area (Å²) in [5.41, 5.74) is 1.11. The van der Waals surface area contributed by atoms with Gasteiger partial charge in [-0.25, -0.2) is 0 Å². The van der Waals surface area contributed by atoms with Crippen LogP contribution in [0.3, 0.4) is 0 Å². The molecule has 0 aliphatic rings. The molecular formula is C9H13NO2. The number of carbonyl (C=O) groups excluding carboxylic acids is 1. The summed E-state index contributed by atoms with van der Waals surface area (Å²) < 4.78 is 4.71. The minimum absolute atomic E-state index is 0.413. The number of nitrogens with zero attached hydrogens (tertiary/aromatic N) is 1. The predicted molar refractivity (Wildman–Crippen MR) is 45.2 cm³/mol. The third-order valence-electron chi connectivity index (χ3n) is 1.19. The van der Waals surface area contributed by atoms with Crippen LogP contribution < -0.4 is 0 Å². The van der Waals surface area contributed by atoms with Gasteiger partial charge in [0.2, 0.25) is 0 Å². The summed E-state index contributed by atoms with van der Waals surface area (Å²) in [5.74, 6) is -0.413. The molecule has 0 saturated carbocycles. The second-order valence-electron chi connectivity index (χ2n) is 2.74. The first-order valence-electron chi connectivity index (χ1n) is 3.76. The summed E-state index contributed by atoms with van der Waals surface area (Å²) in [4.78, 5) is 10.5. The first kappa shape index (κ1) is 10.7. The summed E-state index contributed by atoms with van der Waals surface area (Å²) >= 11 is 0. The van der Waals surface area contributed by atoms with Gasteiger partial charge in [-0.1, -0.05) is 11.6 Å². The van der Waals surface area contributed by atoms with Gasteiger partial charge in [-0.2, -0.15) is 5.26 Å². The van der Waals surface area contributed by atoms with Crippen molar-refractivity contribution in [3.8, 4) is 6.07 Å². The van der Waals surface area contributed by atoms with Crippen LogP contribution in [-0.4, -0.2) is 12.1 Å². The quantitative estimate of drug-likeness (QED) is 0.475. The van der Waals surface area contributed by atoms with Gasteiger partial charge in [-0.15, -0.1) is 0 Å². The molecule has 0 radical (unpaired) electrons. The molecule has 0 heterocycles. The smallest absolute Gasteiger partial charge is 0.303 e. The van der Waals surface area contributed by atoms with Gasteiger partial charge < -0.3 is 4.74 Å². The Hall–Kier alpha value is -1.30. The van der Waals surface area contributed by atoms with Crippen LogP contribution >= 0.6 is 0 Å². The molecule has 0 N–H and O–H groups in total. The van der Waals surface area contributed by atoms with E-state index in [2.05, 4.69) is 0 Å². The van der Waals surface area contributed by atoms with Crippen molar-refractivity contribution < 1.29 is 9.53 Å². The van der Waals surface area contributed by atoms with Crippen molar-refractivity contribution in [1.82, 2.24) is 0 Å². The predicted octanol–water partition coefficient (Wildman–Crippen LogP) is 1.80. The lowest BCUT2D eigenvalue weighted by Gasteiger charge is -2.05. The second-order valence-corrected chi connectivity index (χ2v) is 2.74. The van der Waals surface area contributed by atoms with Gasteiger partial charge in [-0.3, -0.25) is 4.79 Å². The van der Waals surface area contributed by atoms with Crippen LogP contribution in [0.4, 0.5) is 0 Å². The lowest BCUT2D eigenvalue weighted by Crippen LogP contribution is -2.12. The number of esters is 1. The standard InChI is InChI=1S/C9H13NO2/c1-7(2)4-5-9(6-10)12-8(3)11/h4,9H,5H2,1-3H3/t9-/m0/s1. The molecule has 0 spiro atoms. The van der Waals surface area contributed by atoms with Crippen molar-refractivity contribution in [3.05, 3.63) is 11.6 Å². The lowest BCUT2D eigenvalue weighted by atomic mass is 10.2. The summed E-state index contributed by atoms with van der Waals surface area (Å²) in [7, 11) is 0. The van der Waals surface area contributed by atoms with Gasteiger partial charge in [0.25, 0.3) is 0 Å². The third kappa shape index (κ3) is 5.48. The average molecular weight is 167 g/mol. The zero-order chi connectivity index (χ0) is 9.56. The molecule has 0 aliphatic heterocycles. The summed E-state index contributed by atoms with van der Waals surface area (Å²) in [6, 6.07) is 1.90. The molecule has 66 valence electrons. The number of rotatable bonds is 3. The number of ether oxygens (including phenoxy) is 1. The minimum Gasteiger partial charge on any atom is -0.447 e. The Labute approximate surface area is 72.6 Å². The number of allylic oxidation sites excluding steroid dienone is 1. The molecule has 0 rings (SSSR count). The van der Waals surface area contributed by atoms with E-state index in [1.54, 1.807) is 0 Å². The van der Waals surface area contributed by atoms with Crippen LogP contribution in [-0.2, 0) is 9.53 Å². The monoisotopic (exact) mass is 167 g/mol. The molecule has 1 atom stereocenters. The van der Waals surface area contributed by atoms with Gasteiger partial charge >= 0.3 is 5.97 Å². The molecule has 0 aromatic carbocycles. The Morgan fingerprint density at radius 3 is 2.50 bits per heavy atom. The second kappa shape index (κ2) is 5.36. The van der Waals surface area contributed by atoms with Crippen molar-refractivity contribution in [2.24, 2.45) is 0 Å². The summed E-state index contributed by atoms with van der Waals surface area (Å²) in [6.45, 7) is 5.16. The van der Waals surface area contributed by atoms with E-state index in [1.807, 2.05) is 26.0 Å². The Balaban J connectivity index is 3.95. The maximum atomic E-state index is 10.5. The van der Waals surface area contributed by atoms with Crippen LogP contribution in [0.25, 0.3) is 0 Å². The fourth-order valence-corrected chi connectivity index (χ4v) is 0.670. The van der Waals surface area contributed by atoms with Crippen LogP contribution in [0.1, 0.15) is 27.2 Å². The zero-order valence-corrected chi connectivity index (χ0v) is 7.63. The van der Waals surface area contributed by atoms with Gasteiger partial charge in [0.05, 0.1) is 0 Å². The van der Waals surface area contributed by atoms with Crippen molar-refractivity contribution in [2.75, 3.05) is 0 Å². The van der Waals surface area contributed by atoms with E-state index in [1.165, 1.54) is 6.92 Å². The minimum atomic E-state index is -0.641. The van der Waals surface area contributed by atoms with E-state index in [9.17, 15) is 4.79 Å². The van der Waals surface area contributed by atoms with E-state index < -0.39 is 12.1 Å². The largest absolute Gasteiger partial charge is 0.447 e. The molecule has 3 heteroatoms. The third-order valence-corrected chi connectivity index (χ3v) is 1.19. The molecule has 0 saturated heterocycles. The molecule has 0 aliphatic carbocycles. The molecule has 0 unspecified atom stereocenters. The van der Waals surface area contributed by atoms with Gasteiger partial charge in [0.1, 0.15) is 6.07 Å². The van der Waals surface area contributed by atoms with Crippen LogP contribution in [0, 0.1) is 11.3 Å². The van der Waals surface area contributed by atoms with Gasteiger partial charge in [-0.05, 0) is 13.8 Å². The number of hydrogen-bond acceptors (Lipinski definition) is 3. The maximum absolute atomic E-state index is 10.5. The highest BCUT2D eigenvalue weighted by molar-refractivity contribution is 5.66. The molecule has 0 aromatic heterocycles. The number of hydrogen-bond donors (Lipinski definition) is 0. The highest BCUT2D eigenvalue weighted by atomic mass is 16.5. The van der Waals surface area contributed by atoms with Crippen molar-refractivity contribution in [3.63, 3.8) is 0 Å². The highest BCUT2D eigenvalue weighted by Crippen LogP contribution is 2.01. The molecule has 0 fully saturated rings. The van der Waals surface area contributed by atoms with E-state index >= 15 is 0 Å². The van der Waals surface area contributed by atoms with Crippen molar-refractivity contribution in [1.29, 1.82) is 5.26 Å². The first-order valence-corrected chi connectivity index (χ1v) is 3.76. The molecule has 12 heavy (non-hydrogen) atoms. The SMILES string of the molecule is CC(=O)O[C@H](C#N)CC=C(C)C. The molecule has 0 bridgehead atoms. The topological polar surface area (TPSA) is 50.1 Å². The van der Waals surface area contributed by atoms with E-state index in [0.717, 1.165) is 5.57 Å². The zero-order valence-electron chi connectivity index (χ0n) is 7.63. The lowest BCUT2D eigenvalue weighted by molar-refractivity contribution is -0.143. The average Bonchev–Trinajstić information content (AvgIpc) is 1.97. The Morgan fingerprint density at radius 1 is 1.58 bits per heavy atom. The number of nitriles is 1. The Bertz CT molecular complexity index is 221. The van der Waals surface area contributed by atoms with Crippen molar-refractivity contribution in [2.45, 2.75) is 33.3 Å². The Morgan fingerprint density at radius 2 is 2.17 bits per heavy atom. The fourth-order valence-electron chi connectivity index (χ4n) is 0.670. The van der Waals surface area contributed by atoms with E-state index in [0.29, 0.717) is 6.42 Å². The van der Waals surface area contributed by atoms with E-state index in [-0.39, 0.29) is 0 Å². The summed E-state index contributed by atoms with van der Waals surface area (Å²) in [5, 5.41) is 8.53. The summed E-state index contributed by atoms with van der Waals surface area (Å²) in [6.07, 6.45) is 1.70.